The van der Waals surface area contributed by atoms with E-state index in [0.29, 0.717) is 5.69 Å². The lowest BCUT2D eigenvalue weighted by Crippen LogP contribution is -2.39. The normalized spacial score (nSPS) is 40.2. The summed E-state index contributed by atoms with van der Waals surface area (Å²) in [7, 11) is 0. The topological polar surface area (TPSA) is 46.6 Å². The molecule has 0 unspecified atom stereocenters. The second-order valence-corrected chi connectivity index (χ2v) is 6.61. The molecule has 4 heteroatoms. The Morgan fingerprint density at radius 3 is 1.90 bits per heavy atom. The van der Waals surface area contributed by atoms with Crippen LogP contribution in [-0.2, 0) is 14.3 Å². The van der Waals surface area contributed by atoms with E-state index in [1.54, 1.807) is 0 Å². The van der Waals surface area contributed by atoms with Crippen molar-refractivity contribution in [3.63, 3.8) is 0 Å². The van der Waals surface area contributed by atoms with Crippen molar-refractivity contribution in [3.05, 3.63) is 42.0 Å². The van der Waals surface area contributed by atoms with Crippen molar-refractivity contribution in [1.29, 1.82) is 0 Å². The Kier molecular flexibility index (Phi) is 2.21. The number of fused-ring (bicyclic) bond motifs is 5. The van der Waals surface area contributed by atoms with Crippen molar-refractivity contribution in [1.82, 2.24) is 0 Å². The van der Waals surface area contributed by atoms with Crippen molar-refractivity contribution in [2.45, 2.75) is 32.0 Å². The third-order valence-electron chi connectivity index (χ3n) is 5.02. The molecule has 1 aromatic carbocycles. The summed E-state index contributed by atoms with van der Waals surface area (Å²) in [6, 6.07) is 7.48. The molecule has 3 heterocycles. The van der Waals surface area contributed by atoms with E-state index >= 15 is 0 Å². The smallest absolute Gasteiger partial charge is 0.241 e. The van der Waals surface area contributed by atoms with Gasteiger partial charge in [0.1, 0.15) is 0 Å². The molecule has 108 valence electrons. The van der Waals surface area contributed by atoms with E-state index < -0.39 is 23.0 Å². The molecule has 1 aromatic rings. The average Bonchev–Trinajstić information content (AvgIpc) is 2.97. The molecular weight excluding hydrogens is 266 g/mol. The van der Waals surface area contributed by atoms with Crippen LogP contribution in [0.25, 0.3) is 0 Å². The highest BCUT2D eigenvalue weighted by Gasteiger charge is 2.70. The van der Waals surface area contributed by atoms with Gasteiger partial charge in [-0.1, -0.05) is 29.8 Å². The van der Waals surface area contributed by atoms with Crippen LogP contribution in [0.5, 0.6) is 0 Å². The van der Waals surface area contributed by atoms with Crippen molar-refractivity contribution < 1.29 is 14.3 Å². The van der Waals surface area contributed by atoms with E-state index in [1.165, 1.54) is 4.90 Å². The van der Waals surface area contributed by atoms with Gasteiger partial charge in [-0.3, -0.25) is 9.59 Å². The third-order valence-corrected chi connectivity index (χ3v) is 5.02. The lowest BCUT2D eigenvalue weighted by atomic mass is 9.73. The Morgan fingerprint density at radius 2 is 1.43 bits per heavy atom. The Labute approximate surface area is 123 Å². The summed E-state index contributed by atoms with van der Waals surface area (Å²) in [5.41, 5.74) is 0.427. The van der Waals surface area contributed by atoms with Crippen LogP contribution < -0.4 is 4.90 Å². The molecule has 0 saturated carbocycles. The highest BCUT2D eigenvalue weighted by atomic mass is 16.5. The quantitative estimate of drug-likeness (QED) is 0.586. The summed E-state index contributed by atoms with van der Waals surface area (Å²) < 4.78 is 5.98. The first-order chi connectivity index (χ1) is 9.86. The van der Waals surface area contributed by atoms with E-state index in [9.17, 15) is 9.59 Å². The molecule has 3 aliphatic heterocycles. The van der Waals surface area contributed by atoms with E-state index in [4.69, 9.17) is 4.74 Å². The van der Waals surface area contributed by atoms with Crippen LogP contribution in [0, 0.1) is 18.8 Å². The standard InChI is InChI=1S/C17H17NO3/c1-10-4-6-11(7-5-10)18-14(19)12-13(15(18)20)17(3)9-8-16(12,2)21-17/h4-9,12-13H,1-3H3/t12-,13-,16-,17-/m1/s1. The zero-order valence-electron chi connectivity index (χ0n) is 12.3. The van der Waals surface area contributed by atoms with Crippen LogP contribution in [0.15, 0.2) is 36.4 Å². The fraction of sp³-hybridized carbons (Fsp3) is 0.412. The molecule has 4 nitrogen and oxygen atoms in total. The molecule has 0 radical (unpaired) electrons. The number of imide groups is 1. The molecule has 0 aromatic heterocycles. The Hall–Kier alpha value is -1.94. The number of amides is 2. The number of benzene rings is 1. The number of ether oxygens (including phenoxy) is 1. The predicted octanol–water partition coefficient (Wildman–Crippen LogP) is 2.22. The lowest BCUT2D eigenvalue weighted by Gasteiger charge is -2.25. The molecule has 0 spiro atoms. The summed E-state index contributed by atoms with van der Waals surface area (Å²) in [6.45, 7) is 5.76. The highest BCUT2D eigenvalue weighted by molar-refractivity contribution is 6.23. The number of aryl methyl sites for hydroxylation is 1. The van der Waals surface area contributed by atoms with Gasteiger partial charge in [0.05, 0.1) is 28.7 Å². The highest BCUT2D eigenvalue weighted by Crippen LogP contribution is 2.57. The fourth-order valence-corrected chi connectivity index (χ4v) is 3.98. The molecule has 4 atom stereocenters. The SMILES string of the molecule is Cc1ccc(N2C(=O)[C@H]3[C@H](C2=O)[C@@]2(C)C=C[C@@]3(C)O2)cc1. The predicted molar refractivity (Wildman–Crippen MR) is 77.7 cm³/mol. The number of carbonyl (C=O) groups excluding carboxylic acids is 2. The maximum atomic E-state index is 12.8. The number of hydrogen-bond donors (Lipinski definition) is 0. The number of hydrogen-bond acceptors (Lipinski definition) is 3. The van der Waals surface area contributed by atoms with Crippen LogP contribution in [0.2, 0.25) is 0 Å². The minimum absolute atomic E-state index is 0.149. The second-order valence-electron chi connectivity index (χ2n) is 6.61. The van der Waals surface area contributed by atoms with Gasteiger partial charge in [0.15, 0.2) is 0 Å². The zero-order chi connectivity index (χ0) is 15.0. The molecular formula is C17H17NO3. The second kappa shape index (κ2) is 3.63. The number of carbonyl (C=O) groups is 2. The Morgan fingerprint density at radius 1 is 0.952 bits per heavy atom. The molecule has 2 saturated heterocycles. The molecule has 0 N–H and O–H groups in total. The summed E-state index contributed by atoms with van der Waals surface area (Å²) in [6.07, 6.45) is 3.86. The monoisotopic (exact) mass is 283 g/mol. The summed E-state index contributed by atoms with van der Waals surface area (Å²) >= 11 is 0. The number of anilines is 1. The Balaban J connectivity index is 1.80. The van der Waals surface area contributed by atoms with Crippen molar-refractivity contribution >= 4 is 17.5 Å². The first-order valence-corrected chi connectivity index (χ1v) is 7.21. The molecule has 2 bridgehead atoms. The van der Waals surface area contributed by atoms with Crippen molar-refractivity contribution in [2.75, 3.05) is 4.90 Å². The van der Waals surface area contributed by atoms with Gasteiger partial charge >= 0.3 is 0 Å². The zero-order valence-corrected chi connectivity index (χ0v) is 12.3. The van der Waals surface area contributed by atoms with Crippen LogP contribution in [0.4, 0.5) is 5.69 Å². The van der Waals surface area contributed by atoms with E-state index in [1.807, 2.05) is 57.2 Å². The molecule has 21 heavy (non-hydrogen) atoms. The van der Waals surface area contributed by atoms with E-state index in [-0.39, 0.29) is 11.8 Å². The number of rotatable bonds is 1. The van der Waals surface area contributed by atoms with E-state index in [0.717, 1.165) is 5.56 Å². The maximum Gasteiger partial charge on any atom is 0.241 e. The molecule has 0 aliphatic carbocycles. The average molecular weight is 283 g/mol. The minimum atomic E-state index is -0.661. The van der Waals surface area contributed by atoms with Gasteiger partial charge in [0.2, 0.25) is 11.8 Å². The molecule has 2 amide bonds. The van der Waals surface area contributed by atoms with E-state index in [2.05, 4.69) is 0 Å². The van der Waals surface area contributed by atoms with Crippen LogP contribution >= 0.6 is 0 Å². The summed E-state index contributed by atoms with van der Waals surface area (Å²) in [5.74, 6) is -1.13. The van der Waals surface area contributed by atoms with Gasteiger partial charge in [-0.05, 0) is 32.9 Å². The van der Waals surface area contributed by atoms with Gasteiger partial charge in [0, 0.05) is 0 Å². The minimum Gasteiger partial charge on any atom is -0.359 e. The lowest BCUT2D eigenvalue weighted by molar-refractivity contribution is -0.128. The van der Waals surface area contributed by atoms with Gasteiger partial charge in [-0.15, -0.1) is 0 Å². The largest absolute Gasteiger partial charge is 0.359 e. The molecule has 2 fully saturated rings. The first kappa shape index (κ1) is 12.8. The maximum absolute atomic E-state index is 12.8. The van der Waals surface area contributed by atoms with Crippen LogP contribution in [0.1, 0.15) is 19.4 Å². The van der Waals surface area contributed by atoms with Crippen molar-refractivity contribution in [2.24, 2.45) is 11.8 Å². The molecule has 4 rings (SSSR count). The molecule has 3 aliphatic rings. The van der Waals surface area contributed by atoms with Crippen LogP contribution in [0.3, 0.4) is 0 Å². The third kappa shape index (κ3) is 1.43. The van der Waals surface area contributed by atoms with Gasteiger partial charge in [0.25, 0.3) is 0 Å². The van der Waals surface area contributed by atoms with Gasteiger partial charge in [-0.2, -0.15) is 0 Å². The van der Waals surface area contributed by atoms with Crippen LogP contribution in [-0.4, -0.2) is 23.0 Å². The number of nitrogens with zero attached hydrogens (tertiary/aromatic N) is 1. The van der Waals surface area contributed by atoms with Gasteiger partial charge < -0.3 is 4.74 Å². The van der Waals surface area contributed by atoms with Gasteiger partial charge in [-0.25, -0.2) is 4.90 Å². The van der Waals surface area contributed by atoms with Crippen molar-refractivity contribution in [3.8, 4) is 0 Å². The fourth-order valence-electron chi connectivity index (χ4n) is 3.98. The first-order valence-electron chi connectivity index (χ1n) is 7.21. The summed E-state index contributed by atoms with van der Waals surface area (Å²) in [4.78, 5) is 27.0. The summed E-state index contributed by atoms with van der Waals surface area (Å²) in [5, 5.41) is 0. The Bertz CT molecular complexity index is 656.